The van der Waals surface area contributed by atoms with Crippen LogP contribution in [0.3, 0.4) is 0 Å². The molecule has 1 N–H and O–H groups in total. The summed E-state index contributed by atoms with van der Waals surface area (Å²) in [6.07, 6.45) is 0. The van der Waals surface area contributed by atoms with Crippen LogP contribution in [-0.4, -0.2) is 25.8 Å². The Kier molecular flexibility index (Phi) is 3.23. The normalized spacial score (nSPS) is 10.6. The number of carboxylic acids is 1. The molecule has 0 spiro atoms. The lowest BCUT2D eigenvalue weighted by molar-refractivity contribution is -0.384. The van der Waals surface area contributed by atoms with Gasteiger partial charge in [-0.15, -0.1) is 0 Å². The van der Waals surface area contributed by atoms with E-state index in [0.717, 1.165) is 6.07 Å². The van der Waals surface area contributed by atoms with Crippen LogP contribution in [0, 0.1) is 29.8 Å². The van der Waals surface area contributed by atoms with Crippen molar-refractivity contribution in [2.75, 3.05) is 0 Å². The molecule has 1 aromatic carbocycles. The monoisotopic (exact) mass is 279 g/mol. The third-order valence-electron chi connectivity index (χ3n) is 2.73. The zero-order chi connectivity index (χ0) is 15.0. The molecule has 0 saturated heterocycles. The Morgan fingerprint density at radius 2 is 2.05 bits per heavy atom. The first-order valence-electron chi connectivity index (χ1n) is 5.56. The van der Waals surface area contributed by atoms with Gasteiger partial charge in [-0.2, -0.15) is 5.10 Å². The molecule has 20 heavy (non-hydrogen) atoms. The van der Waals surface area contributed by atoms with Gasteiger partial charge in [0.15, 0.2) is 0 Å². The Morgan fingerprint density at radius 1 is 1.40 bits per heavy atom. The molecular weight excluding hydrogens is 269 g/mol. The average molecular weight is 279 g/mol. The van der Waals surface area contributed by atoms with E-state index >= 15 is 0 Å². The molecule has 0 aliphatic rings. The highest BCUT2D eigenvalue weighted by Crippen LogP contribution is 2.27. The zero-order valence-corrected chi connectivity index (χ0v) is 10.6. The smallest absolute Gasteiger partial charge is 0.338 e. The molecule has 0 aliphatic carbocycles. The van der Waals surface area contributed by atoms with E-state index in [9.17, 15) is 19.3 Å². The predicted octanol–water partition coefficient (Wildman–Crippen LogP) is 2.23. The minimum Gasteiger partial charge on any atom is -0.478 e. The number of benzene rings is 1. The molecule has 0 bridgehead atoms. The van der Waals surface area contributed by atoms with Crippen LogP contribution in [-0.2, 0) is 0 Å². The second-order valence-corrected chi connectivity index (χ2v) is 4.22. The summed E-state index contributed by atoms with van der Waals surface area (Å²) in [6, 6.07) is 3.18. The van der Waals surface area contributed by atoms with Gasteiger partial charge in [0, 0.05) is 5.69 Å². The van der Waals surface area contributed by atoms with Crippen LogP contribution in [0.1, 0.15) is 21.7 Å². The van der Waals surface area contributed by atoms with Crippen LogP contribution in [0.5, 0.6) is 0 Å². The summed E-state index contributed by atoms with van der Waals surface area (Å²) in [5.41, 5.74) is -0.0807. The van der Waals surface area contributed by atoms with Crippen molar-refractivity contribution in [2.45, 2.75) is 13.8 Å². The van der Waals surface area contributed by atoms with Crippen LogP contribution in [0.25, 0.3) is 5.69 Å². The molecule has 0 amide bonds. The molecule has 7 nitrogen and oxygen atoms in total. The molecule has 0 unspecified atom stereocenters. The number of aryl methyl sites for hydroxylation is 2. The largest absolute Gasteiger partial charge is 0.478 e. The first kappa shape index (κ1) is 13.7. The van der Waals surface area contributed by atoms with Gasteiger partial charge < -0.3 is 5.11 Å². The second kappa shape index (κ2) is 4.72. The van der Waals surface area contributed by atoms with Crippen LogP contribution in [0.4, 0.5) is 10.1 Å². The molecule has 0 atom stereocenters. The molecule has 0 radical (unpaired) electrons. The highest BCUT2D eigenvalue weighted by atomic mass is 19.1. The summed E-state index contributed by atoms with van der Waals surface area (Å²) in [7, 11) is 0. The van der Waals surface area contributed by atoms with Gasteiger partial charge in [-0.1, -0.05) is 0 Å². The van der Waals surface area contributed by atoms with Gasteiger partial charge in [0.25, 0.3) is 5.69 Å². The van der Waals surface area contributed by atoms with E-state index in [1.165, 1.54) is 4.68 Å². The molecule has 2 rings (SSSR count). The molecule has 8 heteroatoms. The number of nitro groups is 1. The van der Waals surface area contributed by atoms with Crippen molar-refractivity contribution >= 4 is 11.7 Å². The molecule has 0 fully saturated rings. The lowest BCUT2D eigenvalue weighted by Crippen LogP contribution is -2.08. The summed E-state index contributed by atoms with van der Waals surface area (Å²) in [4.78, 5) is 21.2. The second-order valence-electron chi connectivity index (χ2n) is 4.22. The summed E-state index contributed by atoms with van der Waals surface area (Å²) >= 11 is 0. The number of aromatic carboxylic acids is 1. The standard InChI is InChI=1S/C12H10FN3O4/c1-6-3-7(2)15(14-6)10-4-8(12(17)18)9(13)5-11(10)16(19)20/h3-5H,1-2H3,(H,17,18). The molecule has 0 saturated carbocycles. The van der Waals surface area contributed by atoms with Gasteiger partial charge in [-0.25, -0.2) is 13.9 Å². The number of carboxylic acid groups (broad SMARTS) is 1. The molecule has 0 aliphatic heterocycles. The maximum Gasteiger partial charge on any atom is 0.338 e. The third kappa shape index (κ3) is 2.22. The first-order valence-corrected chi connectivity index (χ1v) is 5.56. The van der Waals surface area contributed by atoms with Gasteiger partial charge in [0.2, 0.25) is 0 Å². The lowest BCUT2D eigenvalue weighted by atomic mass is 10.1. The molecule has 2 aromatic rings. The van der Waals surface area contributed by atoms with Crippen molar-refractivity contribution in [3.05, 3.63) is 51.1 Å². The Morgan fingerprint density at radius 3 is 2.50 bits per heavy atom. The van der Waals surface area contributed by atoms with Gasteiger partial charge in [-0.05, 0) is 26.0 Å². The molecule has 104 valence electrons. The van der Waals surface area contributed by atoms with E-state index in [2.05, 4.69) is 5.10 Å². The van der Waals surface area contributed by atoms with Gasteiger partial charge >= 0.3 is 5.97 Å². The van der Waals surface area contributed by atoms with Crippen LogP contribution >= 0.6 is 0 Å². The fourth-order valence-corrected chi connectivity index (χ4v) is 1.90. The van der Waals surface area contributed by atoms with Gasteiger partial charge in [0.1, 0.15) is 11.5 Å². The van der Waals surface area contributed by atoms with E-state index in [1.807, 2.05) is 0 Å². The number of nitro benzene ring substituents is 1. The minimum atomic E-state index is -1.50. The zero-order valence-electron chi connectivity index (χ0n) is 10.6. The number of nitrogens with zero attached hydrogens (tertiary/aromatic N) is 3. The van der Waals surface area contributed by atoms with Crippen LogP contribution in [0.15, 0.2) is 18.2 Å². The van der Waals surface area contributed by atoms with E-state index in [-0.39, 0.29) is 5.69 Å². The fraction of sp³-hybridized carbons (Fsp3) is 0.167. The van der Waals surface area contributed by atoms with Crippen molar-refractivity contribution in [1.29, 1.82) is 0 Å². The van der Waals surface area contributed by atoms with Crippen molar-refractivity contribution in [2.24, 2.45) is 0 Å². The van der Waals surface area contributed by atoms with Gasteiger partial charge in [0.05, 0.1) is 22.2 Å². The Balaban J connectivity index is 2.78. The SMILES string of the molecule is Cc1cc(C)n(-c2cc(C(=O)O)c(F)cc2[N+](=O)[O-])n1. The minimum absolute atomic E-state index is 0.0839. The van der Waals surface area contributed by atoms with Crippen molar-refractivity contribution in [1.82, 2.24) is 9.78 Å². The Hall–Kier alpha value is -2.77. The lowest BCUT2D eigenvalue weighted by Gasteiger charge is -2.07. The number of hydrogen-bond donors (Lipinski definition) is 1. The maximum absolute atomic E-state index is 13.5. The summed E-state index contributed by atoms with van der Waals surface area (Å²) in [5, 5.41) is 23.9. The van der Waals surface area contributed by atoms with E-state index in [1.54, 1.807) is 19.9 Å². The first-order chi connectivity index (χ1) is 9.31. The third-order valence-corrected chi connectivity index (χ3v) is 2.73. The number of aromatic nitrogens is 2. The number of hydrogen-bond acceptors (Lipinski definition) is 4. The number of rotatable bonds is 3. The Bertz CT molecular complexity index is 724. The van der Waals surface area contributed by atoms with E-state index in [0.29, 0.717) is 17.5 Å². The molecular formula is C12H10FN3O4. The predicted molar refractivity (Wildman–Crippen MR) is 66.6 cm³/mol. The maximum atomic E-state index is 13.5. The average Bonchev–Trinajstić information content (AvgIpc) is 2.67. The van der Waals surface area contributed by atoms with Crippen molar-refractivity contribution in [3.8, 4) is 5.69 Å². The van der Waals surface area contributed by atoms with E-state index < -0.39 is 28.0 Å². The van der Waals surface area contributed by atoms with Crippen molar-refractivity contribution in [3.63, 3.8) is 0 Å². The van der Waals surface area contributed by atoms with Gasteiger partial charge in [-0.3, -0.25) is 10.1 Å². The fourth-order valence-electron chi connectivity index (χ4n) is 1.90. The van der Waals surface area contributed by atoms with E-state index in [4.69, 9.17) is 5.11 Å². The summed E-state index contributed by atoms with van der Waals surface area (Å²) in [6.45, 7) is 3.35. The highest BCUT2D eigenvalue weighted by molar-refractivity contribution is 5.89. The summed E-state index contributed by atoms with van der Waals surface area (Å²) in [5.74, 6) is -2.66. The van der Waals surface area contributed by atoms with Crippen molar-refractivity contribution < 1.29 is 19.2 Å². The number of halogens is 1. The number of carbonyl (C=O) groups is 1. The molecule has 1 heterocycles. The molecule has 1 aromatic heterocycles. The summed E-state index contributed by atoms with van der Waals surface area (Å²) < 4.78 is 14.8. The van der Waals surface area contributed by atoms with Crippen LogP contribution < -0.4 is 0 Å². The topological polar surface area (TPSA) is 98.3 Å². The highest BCUT2D eigenvalue weighted by Gasteiger charge is 2.24. The Labute approximate surface area is 112 Å². The van der Waals surface area contributed by atoms with Crippen LogP contribution in [0.2, 0.25) is 0 Å². The quantitative estimate of drug-likeness (QED) is 0.686.